The Hall–Kier alpha value is -0.560. The fourth-order valence-electron chi connectivity index (χ4n) is 2.94. The van der Waals surface area contributed by atoms with Crippen molar-refractivity contribution in [2.24, 2.45) is 17.8 Å². The Bertz CT molecular complexity index is 231. The van der Waals surface area contributed by atoms with E-state index in [1.165, 1.54) is 12.8 Å². The number of hydrogen-bond donors (Lipinski definition) is 1. The molecule has 2 rings (SSSR count). The lowest BCUT2D eigenvalue weighted by atomic mass is 9.87. The van der Waals surface area contributed by atoms with E-state index in [0.29, 0.717) is 0 Å². The van der Waals surface area contributed by atoms with Gasteiger partial charge in [-0.15, -0.1) is 6.58 Å². The summed E-state index contributed by atoms with van der Waals surface area (Å²) >= 11 is 0. The number of allylic oxidation sites excluding steroid dienone is 3. The molecule has 2 aliphatic rings. The van der Waals surface area contributed by atoms with Crippen LogP contribution in [-0.4, -0.2) is 11.2 Å². The van der Waals surface area contributed by atoms with Gasteiger partial charge in [0, 0.05) is 0 Å². The molecule has 4 atom stereocenters. The highest BCUT2D eigenvalue weighted by Gasteiger charge is 2.36. The minimum atomic E-state index is -0.106. The zero-order chi connectivity index (χ0) is 9.97. The number of rotatable bonds is 5. The van der Waals surface area contributed by atoms with Crippen LogP contribution in [0.2, 0.25) is 0 Å². The quantitative estimate of drug-likeness (QED) is 0.664. The molecule has 0 aliphatic heterocycles. The van der Waals surface area contributed by atoms with Gasteiger partial charge in [-0.3, -0.25) is 0 Å². The van der Waals surface area contributed by atoms with E-state index in [-0.39, 0.29) is 6.10 Å². The summed E-state index contributed by atoms with van der Waals surface area (Å²) in [6.07, 6.45) is 12.0. The Morgan fingerprint density at radius 3 is 2.86 bits per heavy atom. The fraction of sp³-hybridized carbons (Fsp3) is 0.692. The summed E-state index contributed by atoms with van der Waals surface area (Å²) in [7, 11) is 0. The van der Waals surface area contributed by atoms with Crippen molar-refractivity contribution in [3.8, 4) is 0 Å². The molecule has 1 N–H and O–H groups in total. The van der Waals surface area contributed by atoms with Gasteiger partial charge in [0.1, 0.15) is 0 Å². The summed E-state index contributed by atoms with van der Waals surface area (Å²) in [6.45, 7) is 3.68. The number of aliphatic hydroxyl groups is 1. The molecule has 4 unspecified atom stereocenters. The second-order valence-electron chi connectivity index (χ2n) is 4.80. The standard InChI is InChI=1S/C13H20O/c1-2-3-4-13(14)9-12-8-10-5-6-11(12)7-10/h2,5-6,10-14H,1,3-4,7-9H2. The van der Waals surface area contributed by atoms with E-state index in [0.717, 1.165) is 37.0 Å². The van der Waals surface area contributed by atoms with Crippen molar-refractivity contribution in [3.05, 3.63) is 24.8 Å². The minimum absolute atomic E-state index is 0.106. The predicted molar refractivity (Wildman–Crippen MR) is 58.9 cm³/mol. The second-order valence-corrected chi connectivity index (χ2v) is 4.80. The normalized spacial score (nSPS) is 36.2. The number of fused-ring (bicyclic) bond motifs is 2. The Morgan fingerprint density at radius 1 is 1.43 bits per heavy atom. The predicted octanol–water partition coefficient (Wildman–Crippen LogP) is 2.92. The molecule has 0 aromatic carbocycles. The van der Waals surface area contributed by atoms with Gasteiger partial charge in [0.25, 0.3) is 0 Å². The summed E-state index contributed by atoms with van der Waals surface area (Å²) in [6, 6.07) is 0. The average Bonchev–Trinajstić information content (AvgIpc) is 2.76. The van der Waals surface area contributed by atoms with Gasteiger partial charge in [0.2, 0.25) is 0 Å². The third-order valence-corrected chi connectivity index (χ3v) is 3.70. The number of aliphatic hydroxyl groups excluding tert-OH is 1. The van der Waals surface area contributed by atoms with Crippen molar-refractivity contribution >= 4 is 0 Å². The zero-order valence-electron chi connectivity index (χ0n) is 8.73. The van der Waals surface area contributed by atoms with Crippen LogP contribution in [0, 0.1) is 17.8 Å². The summed E-state index contributed by atoms with van der Waals surface area (Å²) in [5, 5.41) is 9.80. The van der Waals surface area contributed by atoms with E-state index in [1.807, 2.05) is 6.08 Å². The Labute approximate surface area is 86.5 Å². The molecule has 1 nitrogen and oxygen atoms in total. The Balaban J connectivity index is 1.75. The second kappa shape index (κ2) is 4.31. The monoisotopic (exact) mass is 192 g/mol. The van der Waals surface area contributed by atoms with Crippen LogP contribution in [0.3, 0.4) is 0 Å². The summed E-state index contributed by atoms with van der Waals surface area (Å²) in [5.74, 6) is 2.36. The molecule has 2 bridgehead atoms. The van der Waals surface area contributed by atoms with E-state index < -0.39 is 0 Å². The van der Waals surface area contributed by atoms with Crippen LogP contribution in [0.4, 0.5) is 0 Å². The first kappa shape index (κ1) is 9.97. The molecule has 0 saturated heterocycles. The van der Waals surface area contributed by atoms with Crippen LogP contribution in [-0.2, 0) is 0 Å². The molecule has 0 aromatic rings. The smallest absolute Gasteiger partial charge is 0.0546 e. The first-order valence-corrected chi connectivity index (χ1v) is 5.77. The molecule has 1 saturated carbocycles. The zero-order valence-corrected chi connectivity index (χ0v) is 8.73. The van der Waals surface area contributed by atoms with Gasteiger partial charge in [0.15, 0.2) is 0 Å². The van der Waals surface area contributed by atoms with Crippen LogP contribution in [0.1, 0.15) is 32.1 Å². The molecular formula is C13H20O. The van der Waals surface area contributed by atoms with Gasteiger partial charge < -0.3 is 5.11 Å². The molecule has 1 heteroatoms. The third kappa shape index (κ3) is 2.09. The lowest BCUT2D eigenvalue weighted by Crippen LogP contribution is -2.16. The molecule has 0 radical (unpaired) electrons. The SMILES string of the molecule is C=CCCC(O)CC1CC2C=CC1C2. The highest BCUT2D eigenvalue weighted by molar-refractivity contribution is 5.10. The first-order chi connectivity index (χ1) is 6.79. The molecule has 0 spiro atoms. The summed E-state index contributed by atoms with van der Waals surface area (Å²) in [4.78, 5) is 0. The molecule has 0 aromatic heterocycles. The highest BCUT2D eigenvalue weighted by atomic mass is 16.3. The van der Waals surface area contributed by atoms with Crippen LogP contribution in [0.5, 0.6) is 0 Å². The van der Waals surface area contributed by atoms with Gasteiger partial charge >= 0.3 is 0 Å². The van der Waals surface area contributed by atoms with E-state index in [4.69, 9.17) is 0 Å². The number of hydrogen-bond acceptors (Lipinski definition) is 1. The molecule has 1 fully saturated rings. The van der Waals surface area contributed by atoms with Crippen molar-refractivity contribution in [2.75, 3.05) is 0 Å². The molecule has 78 valence electrons. The van der Waals surface area contributed by atoms with Crippen LogP contribution >= 0.6 is 0 Å². The van der Waals surface area contributed by atoms with Crippen molar-refractivity contribution in [1.29, 1.82) is 0 Å². The van der Waals surface area contributed by atoms with Crippen molar-refractivity contribution in [1.82, 2.24) is 0 Å². The van der Waals surface area contributed by atoms with E-state index in [2.05, 4.69) is 18.7 Å². The van der Waals surface area contributed by atoms with Gasteiger partial charge in [-0.2, -0.15) is 0 Å². The third-order valence-electron chi connectivity index (χ3n) is 3.70. The van der Waals surface area contributed by atoms with Gasteiger partial charge in [-0.25, -0.2) is 0 Å². The van der Waals surface area contributed by atoms with Crippen molar-refractivity contribution < 1.29 is 5.11 Å². The maximum absolute atomic E-state index is 9.80. The highest BCUT2D eigenvalue weighted by Crippen LogP contribution is 2.45. The molecule has 0 heterocycles. The largest absolute Gasteiger partial charge is 0.393 e. The van der Waals surface area contributed by atoms with E-state index in [9.17, 15) is 5.11 Å². The van der Waals surface area contributed by atoms with Gasteiger partial charge in [-0.05, 0) is 49.9 Å². The minimum Gasteiger partial charge on any atom is -0.393 e. The van der Waals surface area contributed by atoms with Crippen LogP contribution in [0.15, 0.2) is 24.8 Å². The lowest BCUT2D eigenvalue weighted by molar-refractivity contribution is 0.127. The summed E-state index contributed by atoms with van der Waals surface area (Å²) < 4.78 is 0. The first-order valence-electron chi connectivity index (χ1n) is 5.77. The topological polar surface area (TPSA) is 20.2 Å². The lowest BCUT2D eigenvalue weighted by Gasteiger charge is -2.21. The van der Waals surface area contributed by atoms with Crippen LogP contribution in [0.25, 0.3) is 0 Å². The Kier molecular flexibility index (Phi) is 3.07. The average molecular weight is 192 g/mol. The van der Waals surface area contributed by atoms with E-state index >= 15 is 0 Å². The van der Waals surface area contributed by atoms with Crippen LogP contribution < -0.4 is 0 Å². The maximum atomic E-state index is 9.80. The van der Waals surface area contributed by atoms with Crippen molar-refractivity contribution in [2.45, 2.75) is 38.2 Å². The van der Waals surface area contributed by atoms with Crippen molar-refractivity contribution in [3.63, 3.8) is 0 Å². The Morgan fingerprint density at radius 2 is 2.29 bits per heavy atom. The van der Waals surface area contributed by atoms with E-state index in [1.54, 1.807) is 0 Å². The fourth-order valence-corrected chi connectivity index (χ4v) is 2.94. The molecule has 2 aliphatic carbocycles. The van der Waals surface area contributed by atoms with Gasteiger partial charge in [0.05, 0.1) is 6.10 Å². The molecule has 14 heavy (non-hydrogen) atoms. The summed E-state index contributed by atoms with van der Waals surface area (Å²) in [5.41, 5.74) is 0. The van der Waals surface area contributed by atoms with Gasteiger partial charge in [-0.1, -0.05) is 18.2 Å². The molecular weight excluding hydrogens is 172 g/mol. The maximum Gasteiger partial charge on any atom is 0.0546 e. The molecule has 0 amide bonds.